The monoisotopic (exact) mass is 273 g/mol. The number of halogens is 1. The molecule has 2 aromatic heterocycles. The topological polar surface area (TPSA) is 64.1 Å². The summed E-state index contributed by atoms with van der Waals surface area (Å²) in [5, 5.41) is 11.6. The average Bonchev–Trinajstić information content (AvgIpc) is 2.96. The fourth-order valence-corrected chi connectivity index (χ4v) is 2.40. The van der Waals surface area contributed by atoms with Gasteiger partial charge in [-0.3, -0.25) is 4.98 Å². The van der Waals surface area contributed by atoms with Gasteiger partial charge in [0.05, 0.1) is 5.02 Å². The molecule has 0 aliphatic rings. The second-order valence-corrected chi connectivity index (χ2v) is 4.68. The third kappa shape index (κ3) is 1.95. The number of nitrogens with zero attached hydrogens (tertiary/aromatic N) is 2. The quantitative estimate of drug-likeness (QED) is 0.755. The SMILES string of the molecule is NC(c1cc(Cl)c2cccnc2c1O)n1cccc1. The second kappa shape index (κ2) is 4.57. The molecule has 1 aromatic carbocycles. The van der Waals surface area contributed by atoms with Crippen LogP contribution >= 0.6 is 11.6 Å². The number of aromatic nitrogens is 2. The van der Waals surface area contributed by atoms with Gasteiger partial charge in [0.15, 0.2) is 0 Å². The molecule has 3 rings (SSSR count). The Morgan fingerprint density at radius 1 is 1.26 bits per heavy atom. The number of benzene rings is 1. The summed E-state index contributed by atoms with van der Waals surface area (Å²) in [6.07, 6.45) is 4.78. The highest BCUT2D eigenvalue weighted by Gasteiger charge is 2.17. The van der Waals surface area contributed by atoms with E-state index in [-0.39, 0.29) is 5.75 Å². The van der Waals surface area contributed by atoms with Crippen LogP contribution < -0.4 is 5.73 Å². The Hall–Kier alpha value is -2.04. The molecule has 19 heavy (non-hydrogen) atoms. The maximum absolute atomic E-state index is 10.3. The molecule has 0 fully saturated rings. The summed E-state index contributed by atoms with van der Waals surface area (Å²) >= 11 is 6.22. The lowest BCUT2D eigenvalue weighted by Crippen LogP contribution is -2.18. The first-order chi connectivity index (χ1) is 9.18. The first-order valence-electron chi connectivity index (χ1n) is 5.82. The molecule has 0 amide bonds. The van der Waals surface area contributed by atoms with Crippen molar-refractivity contribution in [3.05, 3.63) is 59.5 Å². The molecular weight excluding hydrogens is 262 g/mol. The summed E-state index contributed by atoms with van der Waals surface area (Å²) in [5.41, 5.74) is 7.15. The van der Waals surface area contributed by atoms with Crippen molar-refractivity contribution in [3.63, 3.8) is 0 Å². The van der Waals surface area contributed by atoms with Crippen LogP contribution in [0.4, 0.5) is 0 Å². The molecule has 0 saturated heterocycles. The van der Waals surface area contributed by atoms with Crippen molar-refractivity contribution in [1.82, 2.24) is 9.55 Å². The number of nitrogens with two attached hydrogens (primary N) is 1. The van der Waals surface area contributed by atoms with Gasteiger partial charge in [0.2, 0.25) is 0 Å². The van der Waals surface area contributed by atoms with Crippen molar-refractivity contribution in [1.29, 1.82) is 0 Å². The number of hydrogen-bond donors (Lipinski definition) is 2. The highest BCUT2D eigenvalue weighted by Crippen LogP contribution is 2.35. The third-order valence-corrected chi connectivity index (χ3v) is 3.43. The smallest absolute Gasteiger partial charge is 0.148 e. The van der Waals surface area contributed by atoms with Crippen LogP contribution in [0.15, 0.2) is 48.9 Å². The van der Waals surface area contributed by atoms with Crippen molar-refractivity contribution in [2.45, 2.75) is 6.17 Å². The fourth-order valence-electron chi connectivity index (χ4n) is 2.13. The number of hydrogen-bond acceptors (Lipinski definition) is 3. The Bertz CT molecular complexity index is 725. The predicted molar refractivity (Wildman–Crippen MR) is 75.2 cm³/mol. The Balaban J connectivity index is 2.22. The minimum atomic E-state index is -0.501. The van der Waals surface area contributed by atoms with E-state index in [1.165, 1.54) is 0 Å². The summed E-state index contributed by atoms with van der Waals surface area (Å²) in [6.45, 7) is 0. The maximum Gasteiger partial charge on any atom is 0.148 e. The van der Waals surface area contributed by atoms with Crippen LogP contribution in [0.25, 0.3) is 10.9 Å². The maximum atomic E-state index is 10.3. The summed E-state index contributed by atoms with van der Waals surface area (Å²) in [4.78, 5) is 4.17. The van der Waals surface area contributed by atoms with E-state index in [2.05, 4.69) is 4.98 Å². The molecule has 1 atom stereocenters. The molecule has 0 aliphatic heterocycles. The summed E-state index contributed by atoms with van der Waals surface area (Å²) in [5.74, 6) is 0.0706. The van der Waals surface area contributed by atoms with Crippen molar-refractivity contribution < 1.29 is 5.11 Å². The van der Waals surface area contributed by atoms with Gasteiger partial charge in [0, 0.05) is 29.5 Å². The number of phenols is 1. The van der Waals surface area contributed by atoms with Crippen molar-refractivity contribution >= 4 is 22.5 Å². The fraction of sp³-hybridized carbons (Fsp3) is 0.0714. The Labute approximate surface area is 115 Å². The first-order valence-corrected chi connectivity index (χ1v) is 6.20. The lowest BCUT2D eigenvalue weighted by atomic mass is 10.1. The molecule has 2 heterocycles. The van der Waals surface area contributed by atoms with Gasteiger partial charge in [0.25, 0.3) is 0 Å². The molecule has 4 nitrogen and oxygen atoms in total. The van der Waals surface area contributed by atoms with Crippen LogP contribution in [0.1, 0.15) is 11.7 Å². The van der Waals surface area contributed by atoms with E-state index in [1.54, 1.807) is 22.9 Å². The summed E-state index contributed by atoms with van der Waals surface area (Å²) < 4.78 is 1.79. The van der Waals surface area contributed by atoms with E-state index in [4.69, 9.17) is 17.3 Å². The largest absolute Gasteiger partial charge is 0.505 e. The second-order valence-electron chi connectivity index (χ2n) is 4.27. The zero-order chi connectivity index (χ0) is 13.4. The molecule has 0 radical (unpaired) electrons. The molecule has 1 unspecified atom stereocenters. The highest BCUT2D eigenvalue weighted by atomic mass is 35.5. The predicted octanol–water partition coefficient (Wildman–Crippen LogP) is 2.90. The van der Waals surface area contributed by atoms with Gasteiger partial charge in [0.1, 0.15) is 17.4 Å². The van der Waals surface area contributed by atoms with Crippen LogP contribution in [0, 0.1) is 0 Å². The van der Waals surface area contributed by atoms with Gasteiger partial charge in [-0.1, -0.05) is 11.6 Å². The lowest BCUT2D eigenvalue weighted by molar-refractivity contribution is 0.459. The van der Waals surface area contributed by atoms with Gasteiger partial charge in [-0.25, -0.2) is 0 Å². The lowest BCUT2D eigenvalue weighted by Gasteiger charge is -2.17. The molecule has 0 bridgehead atoms. The summed E-state index contributed by atoms with van der Waals surface area (Å²) in [6, 6.07) is 9.02. The van der Waals surface area contributed by atoms with E-state index < -0.39 is 6.17 Å². The third-order valence-electron chi connectivity index (χ3n) is 3.11. The normalized spacial score (nSPS) is 12.7. The number of phenolic OH excluding ortho intramolecular Hbond substituents is 1. The van der Waals surface area contributed by atoms with Crippen LogP contribution in [0.3, 0.4) is 0 Å². The molecule has 0 aliphatic carbocycles. The van der Waals surface area contributed by atoms with Crippen molar-refractivity contribution in [2.75, 3.05) is 0 Å². The molecule has 5 heteroatoms. The van der Waals surface area contributed by atoms with Crippen molar-refractivity contribution in [2.24, 2.45) is 5.73 Å². The number of pyridine rings is 1. The van der Waals surface area contributed by atoms with E-state index in [1.807, 2.05) is 30.6 Å². The van der Waals surface area contributed by atoms with E-state index in [0.717, 1.165) is 0 Å². The number of fused-ring (bicyclic) bond motifs is 1. The standard InChI is InChI=1S/C14H12ClN3O/c15-11-8-10(14(16)18-6-1-2-7-18)13(19)12-9(11)4-3-5-17-12/h1-8,14,19H,16H2. The molecule has 3 N–H and O–H groups in total. The Morgan fingerprint density at radius 2 is 2.00 bits per heavy atom. The van der Waals surface area contributed by atoms with Crippen LogP contribution in [-0.2, 0) is 0 Å². The summed E-state index contributed by atoms with van der Waals surface area (Å²) in [7, 11) is 0. The van der Waals surface area contributed by atoms with Gasteiger partial charge >= 0.3 is 0 Å². The highest BCUT2D eigenvalue weighted by molar-refractivity contribution is 6.35. The number of rotatable bonds is 2. The molecule has 0 spiro atoms. The Morgan fingerprint density at radius 3 is 2.74 bits per heavy atom. The van der Waals surface area contributed by atoms with Crippen LogP contribution in [0.5, 0.6) is 5.75 Å². The van der Waals surface area contributed by atoms with Crippen LogP contribution in [0.2, 0.25) is 5.02 Å². The zero-order valence-corrected chi connectivity index (χ0v) is 10.7. The minimum Gasteiger partial charge on any atom is -0.505 e. The van der Waals surface area contributed by atoms with E-state index >= 15 is 0 Å². The van der Waals surface area contributed by atoms with E-state index in [0.29, 0.717) is 21.5 Å². The van der Waals surface area contributed by atoms with Gasteiger partial charge in [-0.05, 0) is 30.3 Å². The first kappa shape index (κ1) is 12.0. The van der Waals surface area contributed by atoms with Crippen molar-refractivity contribution in [3.8, 4) is 5.75 Å². The molecule has 3 aromatic rings. The average molecular weight is 274 g/mol. The molecule has 96 valence electrons. The molecular formula is C14H12ClN3O. The van der Waals surface area contributed by atoms with Gasteiger partial charge in [-0.2, -0.15) is 0 Å². The Kier molecular flexibility index (Phi) is 2.89. The van der Waals surface area contributed by atoms with Gasteiger partial charge < -0.3 is 15.4 Å². The van der Waals surface area contributed by atoms with Crippen LogP contribution in [-0.4, -0.2) is 14.7 Å². The minimum absolute atomic E-state index is 0.0706. The van der Waals surface area contributed by atoms with E-state index in [9.17, 15) is 5.11 Å². The number of aromatic hydroxyl groups is 1. The van der Waals surface area contributed by atoms with Gasteiger partial charge in [-0.15, -0.1) is 0 Å². The molecule has 0 saturated carbocycles. The zero-order valence-electron chi connectivity index (χ0n) is 9.99.